The molecule has 23 heavy (non-hydrogen) atoms. The molecule has 1 fully saturated rings. The van der Waals surface area contributed by atoms with Gasteiger partial charge in [0.2, 0.25) is 5.91 Å². The van der Waals surface area contributed by atoms with Gasteiger partial charge in [-0.05, 0) is 60.0 Å². The van der Waals surface area contributed by atoms with E-state index in [9.17, 15) is 4.79 Å². The zero-order chi connectivity index (χ0) is 15.2. The minimum absolute atomic E-state index is 0. The molecule has 1 aromatic carbocycles. The van der Waals surface area contributed by atoms with Crippen molar-refractivity contribution < 1.29 is 4.79 Å². The summed E-state index contributed by atoms with van der Waals surface area (Å²) in [6.45, 7) is 2.85. The predicted octanol–water partition coefficient (Wildman–Crippen LogP) is 0.742. The summed E-state index contributed by atoms with van der Waals surface area (Å²) in [7, 11) is 0. The molecule has 1 aromatic heterocycles. The average Bonchev–Trinajstić information content (AvgIpc) is 3.09. The summed E-state index contributed by atoms with van der Waals surface area (Å²) in [6, 6.07) is 7.67. The molecule has 7 nitrogen and oxygen atoms in total. The predicted molar refractivity (Wildman–Crippen MR) is 88.7 cm³/mol. The van der Waals surface area contributed by atoms with Crippen LogP contribution in [-0.2, 0) is 11.2 Å². The topological polar surface area (TPSA) is 84.7 Å². The van der Waals surface area contributed by atoms with Crippen molar-refractivity contribution in [2.45, 2.75) is 19.3 Å². The van der Waals surface area contributed by atoms with Crippen molar-refractivity contribution in [3.63, 3.8) is 0 Å². The second kappa shape index (κ2) is 8.59. The smallest absolute Gasteiger partial charge is 0.224 e. The lowest BCUT2D eigenvalue weighted by atomic mass is 9.99. The molecular formula is C15H21ClN6O. The van der Waals surface area contributed by atoms with Crippen molar-refractivity contribution in [3.8, 4) is 5.69 Å². The molecule has 0 bridgehead atoms. The Morgan fingerprint density at radius 2 is 2.17 bits per heavy atom. The molecule has 2 aromatic rings. The molecule has 0 radical (unpaired) electrons. The van der Waals surface area contributed by atoms with Gasteiger partial charge in [0.25, 0.3) is 0 Å². The number of carbonyl (C=O) groups is 1. The molecular weight excluding hydrogens is 316 g/mol. The number of benzene rings is 1. The Balaban J connectivity index is 0.00000192. The Bertz CT molecular complexity index is 595. The Hall–Kier alpha value is -1.99. The zero-order valence-electron chi connectivity index (χ0n) is 12.8. The second-order valence-corrected chi connectivity index (χ2v) is 5.61. The van der Waals surface area contributed by atoms with Crippen LogP contribution >= 0.6 is 12.4 Å². The van der Waals surface area contributed by atoms with Crippen LogP contribution < -0.4 is 10.6 Å². The normalized spacial score (nSPS) is 17.3. The molecule has 0 saturated carbocycles. The highest BCUT2D eigenvalue weighted by atomic mass is 35.5. The van der Waals surface area contributed by atoms with E-state index in [0.29, 0.717) is 12.3 Å². The van der Waals surface area contributed by atoms with Crippen LogP contribution in [-0.4, -0.2) is 45.7 Å². The number of hydrogen-bond donors (Lipinski definition) is 2. The van der Waals surface area contributed by atoms with Gasteiger partial charge in [0, 0.05) is 6.54 Å². The minimum atomic E-state index is 0. The van der Waals surface area contributed by atoms with Crippen molar-refractivity contribution in [1.82, 2.24) is 30.8 Å². The second-order valence-electron chi connectivity index (χ2n) is 5.61. The highest BCUT2D eigenvalue weighted by molar-refractivity contribution is 5.85. The Kier molecular flexibility index (Phi) is 6.49. The van der Waals surface area contributed by atoms with Crippen molar-refractivity contribution >= 4 is 18.3 Å². The number of nitrogens with zero attached hydrogens (tertiary/aromatic N) is 4. The van der Waals surface area contributed by atoms with Crippen LogP contribution in [0.5, 0.6) is 0 Å². The minimum Gasteiger partial charge on any atom is -0.355 e. The van der Waals surface area contributed by atoms with Crippen molar-refractivity contribution in [1.29, 1.82) is 0 Å². The maximum Gasteiger partial charge on any atom is 0.224 e. The van der Waals surface area contributed by atoms with Gasteiger partial charge in [0.1, 0.15) is 6.33 Å². The number of halogens is 1. The average molecular weight is 337 g/mol. The standard InChI is InChI=1S/C15H20N6O.ClH/c22-15(17-10-13-2-1-7-16-9-13)8-12-3-5-14(6-4-12)21-11-18-19-20-21;/h3-6,11,13,16H,1-2,7-10H2,(H,17,22);1H. The van der Waals surface area contributed by atoms with Crippen molar-refractivity contribution in [2.24, 2.45) is 5.92 Å². The number of hydrogen-bond acceptors (Lipinski definition) is 5. The van der Waals surface area contributed by atoms with Crippen LogP contribution in [0.25, 0.3) is 5.69 Å². The van der Waals surface area contributed by atoms with Crippen molar-refractivity contribution in [3.05, 3.63) is 36.2 Å². The Morgan fingerprint density at radius 3 is 2.83 bits per heavy atom. The van der Waals surface area contributed by atoms with Crippen LogP contribution in [0.3, 0.4) is 0 Å². The largest absolute Gasteiger partial charge is 0.355 e. The molecule has 1 aliphatic heterocycles. The first kappa shape index (κ1) is 17.4. The zero-order valence-corrected chi connectivity index (χ0v) is 13.6. The van der Waals surface area contributed by atoms with E-state index in [4.69, 9.17) is 0 Å². The number of amides is 1. The molecule has 2 heterocycles. The van der Waals surface area contributed by atoms with Gasteiger partial charge in [0.15, 0.2) is 0 Å². The molecule has 1 atom stereocenters. The molecule has 124 valence electrons. The van der Waals surface area contributed by atoms with E-state index in [1.54, 1.807) is 11.0 Å². The van der Waals surface area contributed by atoms with E-state index in [2.05, 4.69) is 26.2 Å². The van der Waals surface area contributed by atoms with Gasteiger partial charge in [-0.1, -0.05) is 12.1 Å². The SMILES string of the molecule is Cl.O=C(Cc1ccc(-n2cnnn2)cc1)NCC1CCCNC1. The number of rotatable bonds is 5. The van der Waals surface area contributed by atoms with E-state index >= 15 is 0 Å². The molecule has 1 saturated heterocycles. The van der Waals surface area contributed by atoms with E-state index in [-0.39, 0.29) is 18.3 Å². The lowest BCUT2D eigenvalue weighted by Crippen LogP contribution is -2.38. The van der Waals surface area contributed by atoms with Crippen LogP contribution in [0.1, 0.15) is 18.4 Å². The number of nitrogens with one attached hydrogen (secondary N) is 2. The molecule has 0 spiro atoms. The maximum atomic E-state index is 12.0. The summed E-state index contributed by atoms with van der Waals surface area (Å²) in [6.07, 6.45) is 4.32. The monoisotopic (exact) mass is 336 g/mol. The van der Waals surface area contributed by atoms with Crippen molar-refractivity contribution in [2.75, 3.05) is 19.6 Å². The first-order valence-electron chi connectivity index (χ1n) is 7.61. The third-order valence-corrected chi connectivity index (χ3v) is 3.90. The summed E-state index contributed by atoms with van der Waals surface area (Å²) in [5, 5.41) is 17.4. The van der Waals surface area contributed by atoms with Gasteiger partial charge in [-0.2, -0.15) is 0 Å². The third-order valence-electron chi connectivity index (χ3n) is 3.90. The molecule has 3 rings (SSSR count). The summed E-state index contributed by atoms with van der Waals surface area (Å²) >= 11 is 0. The number of aromatic nitrogens is 4. The van der Waals surface area contributed by atoms with Gasteiger partial charge in [-0.3, -0.25) is 4.79 Å². The number of piperidine rings is 1. The van der Waals surface area contributed by atoms with Crippen LogP contribution in [0.15, 0.2) is 30.6 Å². The van der Waals surface area contributed by atoms with E-state index in [0.717, 1.165) is 30.9 Å². The maximum absolute atomic E-state index is 12.0. The van der Waals surface area contributed by atoms with Crippen LogP contribution in [0.4, 0.5) is 0 Å². The Labute approximate surface area is 141 Å². The van der Waals surface area contributed by atoms with Gasteiger partial charge in [-0.15, -0.1) is 17.5 Å². The third kappa shape index (κ3) is 5.01. The first-order chi connectivity index (χ1) is 10.8. The highest BCUT2D eigenvalue weighted by Crippen LogP contribution is 2.10. The fourth-order valence-corrected chi connectivity index (χ4v) is 2.65. The summed E-state index contributed by atoms with van der Waals surface area (Å²) in [5.74, 6) is 0.626. The number of carbonyl (C=O) groups excluding carboxylic acids is 1. The van der Waals surface area contributed by atoms with E-state index in [1.807, 2.05) is 24.3 Å². The fraction of sp³-hybridized carbons (Fsp3) is 0.467. The van der Waals surface area contributed by atoms with E-state index < -0.39 is 0 Å². The van der Waals surface area contributed by atoms with Gasteiger partial charge in [-0.25, -0.2) is 4.68 Å². The summed E-state index contributed by atoms with van der Waals surface area (Å²) in [4.78, 5) is 12.0. The quantitative estimate of drug-likeness (QED) is 0.841. The molecule has 0 aliphatic carbocycles. The van der Waals surface area contributed by atoms with E-state index in [1.165, 1.54) is 12.8 Å². The van der Waals surface area contributed by atoms with Gasteiger partial charge in [0.05, 0.1) is 12.1 Å². The molecule has 1 amide bonds. The first-order valence-corrected chi connectivity index (χ1v) is 7.61. The Morgan fingerprint density at radius 1 is 1.35 bits per heavy atom. The van der Waals surface area contributed by atoms with Gasteiger partial charge < -0.3 is 10.6 Å². The highest BCUT2D eigenvalue weighted by Gasteiger charge is 2.13. The lowest BCUT2D eigenvalue weighted by Gasteiger charge is -2.22. The molecule has 8 heteroatoms. The van der Waals surface area contributed by atoms with Crippen LogP contribution in [0.2, 0.25) is 0 Å². The molecule has 2 N–H and O–H groups in total. The van der Waals surface area contributed by atoms with Crippen LogP contribution in [0, 0.1) is 5.92 Å². The molecule has 1 unspecified atom stereocenters. The summed E-state index contributed by atoms with van der Waals surface area (Å²) in [5.41, 5.74) is 1.86. The number of tetrazole rings is 1. The lowest BCUT2D eigenvalue weighted by molar-refractivity contribution is -0.120. The molecule has 1 aliphatic rings. The fourth-order valence-electron chi connectivity index (χ4n) is 2.65. The van der Waals surface area contributed by atoms with Gasteiger partial charge >= 0.3 is 0 Å². The summed E-state index contributed by atoms with van der Waals surface area (Å²) < 4.78 is 1.58.